The molecule has 0 radical (unpaired) electrons. The molecule has 3 aliphatic rings. The van der Waals surface area contributed by atoms with Crippen molar-refractivity contribution < 1.29 is 9.84 Å². The van der Waals surface area contributed by atoms with Crippen molar-refractivity contribution in [2.24, 2.45) is 11.3 Å². The number of ether oxygens (including phenoxy) is 1. The summed E-state index contributed by atoms with van der Waals surface area (Å²) in [4.78, 5) is 8.87. The van der Waals surface area contributed by atoms with Crippen LogP contribution < -0.4 is 0 Å². The first-order chi connectivity index (χ1) is 10.3. The Morgan fingerprint density at radius 2 is 2.29 bits per heavy atom. The van der Waals surface area contributed by atoms with Crippen LogP contribution in [0.15, 0.2) is 0 Å². The molecule has 4 rings (SSSR count). The minimum absolute atomic E-state index is 0.0785. The molecule has 0 amide bonds. The average Bonchev–Trinajstić information content (AvgIpc) is 3.07. The molecule has 5 heteroatoms. The summed E-state index contributed by atoms with van der Waals surface area (Å²) in [5.74, 6) is 0.492. The Bertz CT molecular complexity index is 495. The van der Waals surface area contributed by atoms with Crippen LogP contribution in [0, 0.1) is 11.3 Å². The van der Waals surface area contributed by atoms with Crippen molar-refractivity contribution in [2.75, 3.05) is 32.9 Å². The predicted molar refractivity (Wildman–Crippen MR) is 82.5 cm³/mol. The van der Waals surface area contributed by atoms with Crippen molar-refractivity contribution >= 4 is 11.3 Å². The van der Waals surface area contributed by atoms with Crippen molar-refractivity contribution in [3.05, 3.63) is 15.6 Å². The first-order valence-corrected chi connectivity index (χ1v) is 8.99. The highest BCUT2D eigenvalue weighted by molar-refractivity contribution is 7.11. The summed E-state index contributed by atoms with van der Waals surface area (Å²) >= 11 is 1.92. The summed E-state index contributed by atoms with van der Waals surface area (Å²) in [6, 6.07) is 0. The fourth-order valence-corrected chi connectivity index (χ4v) is 5.40. The molecule has 1 N–H and O–H groups in total. The monoisotopic (exact) mass is 308 g/mol. The first-order valence-electron chi connectivity index (χ1n) is 8.17. The van der Waals surface area contributed by atoms with Crippen LogP contribution in [0.2, 0.25) is 0 Å². The van der Waals surface area contributed by atoms with Crippen LogP contribution in [0.3, 0.4) is 0 Å². The van der Waals surface area contributed by atoms with Gasteiger partial charge in [0.05, 0.1) is 25.5 Å². The number of hydrogen-bond donors (Lipinski definition) is 1. The van der Waals surface area contributed by atoms with Gasteiger partial charge in [0.25, 0.3) is 0 Å². The first kappa shape index (κ1) is 14.1. The lowest BCUT2D eigenvalue weighted by Crippen LogP contribution is -2.41. The lowest BCUT2D eigenvalue weighted by molar-refractivity contribution is -0.0417. The van der Waals surface area contributed by atoms with Crippen molar-refractivity contribution in [3.8, 4) is 0 Å². The predicted octanol–water partition coefficient (Wildman–Crippen LogP) is 1.85. The highest BCUT2D eigenvalue weighted by Crippen LogP contribution is 2.42. The van der Waals surface area contributed by atoms with E-state index in [0.29, 0.717) is 12.5 Å². The molecule has 1 aromatic heterocycles. The molecule has 21 heavy (non-hydrogen) atoms. The van der Waals surface area contributed by atoms with Crippen LogP contribution in [-0.4, -0.2) is 47.9 Å². The maximum Gasteiger partial charge on any atom is 0.107 e. The third kappa shape index (κ3) is 2.54. The zero-order valence-electron chi connectivity index (χ0n) is 12.5. The average molecular weight is 308 g/mol. The molecule has 1 aromatic rings. The molecule has 3 heterocycles. The number of aromatic nitrogens is 1. The zero-order valence-corrected chi connectivity index (χ0v) is 13.3. The van der Waals surface area contributed by atoms with E-state index in [9.17, 15) is 5.11 Å². The van der Waals surface area contributed by atoms with Gasteiger partial charge in [0.15, 0.2) is 0 Å². The number of nitrogens with zero attached hydrogens (tertiary/aromatic N) is 2. The van der Waals surface area contributed by atoms with E-state index in [2.05, 4.69) is 4.90 Å². The second kappa shape index (κ2) is 5.61. The molecule has 0 bridgehead atoms. The van der Waals surface area contributed by atoms with E-state index in [1.807, 2.05) is 11.3 Å². The van der Waals surface area contributed by atoms with Gasteiger partial charge in [-0.1, -0.05) is 0 Å². The van der Waals surface area contributed by atoms with Gasteiger partial charge in [-0.2, -0.15) is 0 Å². The number of hydrogen-bond acceptors (Lipinski definition) is 5. The SMILES string of the molecule is OC[C@]12CCOC[C@H]1CN(Cc1nc3c(s1)CCCC3)C2. The largest absolute Gasteiger partial charge is 0.396 e. The lowest BCUT2D eigenvalue weighted by Gasteiger charge is -2.36. The molecular formula is C16H24N2O2S. The maximum absolute atomic E-state index is 9.87. The molecule has 4 nitrogen and oxygen atoms in total. The fraction of sp³-hybridized carbons (Fsp3) is 0.812. The highest BCUT2D eigenvalue weighted by Gasteiger charge is 2.47. The molecule has 1 aliphatic carbocycles. The van der Waals surface area contributed by atoms with E-state index < -0.39 is 0 Å². The quantitative estimate of drug-likeness (QED) is 0.926. The van der Waals surface area contributed by atoms with Crippen LogP contribution in [0.5, 0.6) is 0 Å². The smallest absolute Gasteiger partial charge is 0.107 e. The Labute approximate surface area is 130 Å². The van der Waals surface area contributed by atoms with Gasteiger partial charge < -0.3 is 9.84 Å². The lowest BCUT2D eigenvalue weighted by atomic mass is 9.75. The van der Waals surface area contributed by atoms with E-state index in [4.69, 9.17) is 9.72 Å². The van der Waals surface area contributed by atoms with E-state index in [-0.39, 0.29) is 5.41 Å². The Morgan fingerprint density at radius 1 is 1.38 bits per heavy atom. The number of rotatable bonds is 3. The second-order valence-electron chi connectivity index (χ2n) is 6.90. The van der Waals surface area contributed by atoms with Crippen molar-refractivity contribution in [1.29, 1.82) is 0 Å². The molecule has 116 valence electrons. The normalized spacial score (nSPS) is 32.9. The fourth-order valence-electron chi connectivity index (χ4n) is 4.20. The molecule has 0 aromatic carbocycles. The molecule has 2 aliphatic heterocycles. The minimum atomic E-state index is 0.0785. The number of aliphatic hydroxyl groups is 1. The molecule has 0 spiro atoms. The third-order valence-corrected chi connectivity index (χ3v) is 6.65. The summed E-state index contributed by atoms with van der Waals surface area (Å²) in [6.45, 7) is 4.91. The Balaban J connectivity index is 1.47. The molecule has 0 saturated carbocycles. The third-order valence-electron chi connectivity index (χ3n) is 5.51. The van der Waals surface area contributed by atoms with Gasteiger partial charge in [-0.15, -0.1) is 11.3 Å². The van der Waals surface area contributed by atoms with Gasteiger partial charge >= 0.3 is 0 Å². The summed E-state index contributed by atoms with van der Waals surface area (Å²) in [6.07, 6.45) is 6.02. The van der Waals surface area contributed by atoms with Crippen molar-refractivity contribution in [1.82, 2.24) is 9.88 Å². The molecule has 2 atom stereocenters. The van der Waals surface area contributed by atoms with Crippen LogP contribution in [0.4, 0.5) is 0 Å². The van der Waals surface area contributed by atoms with Crippen LogP contribution in [0.1, 0.15) is 34.8 Å². The molecule has 0 unspecified atom stereocenters. The van der Waals surface area contributed by atoms with E-state index in [1.165, 1.54) is 41.3 Å². The van der Waals surface area contributed by atoms with Gasteiger partial charge in [0.1, 0.15) is 5.01 Å². The van der Waals surface area contributed by atoms with E-state index in [1.54, 1.807) is 0 Å². The van der Waals surface area contributed by atoms with Gasteiger partial charge in [-0.25, -0.2) is 4.98 Å². The molecular weight excluding hydrogens is 284 g/mol. The number of thiazole rings is 1. The zero-order chi connectivity index (χ0) is 14.3. The number of likely N-dealkylation sites (tertiary alicyclic amines) is 1. The summed E-state index contributed by atoms with van der Waals surface area (Å²) in [5.41, 5.74) is 1.44. The van der Waals surface area contributed by atoms with Crippen LogP contribution >= 0.6 is 11.3 Å². The van der Waals surface area contributed by atoms with Crippen LogP contribution in [0.25, 0.3) is 0 Å². The summed E-state index contributed by atoms with van der Waals surface area (Å²) in [5, 5.41) is 11.1. The molecule has 2 fully saturated rings. The Hall–Kier alpha value is -0.490. The number of fused-ring (bicyclic) bond motifs is 2. The standard InChI is InChI=1S/C16H24N2O2S/c19-11-16-5-6-20-9-12(16)7-18(10-16)8-15-17-13-3-1-2-4-14(13)21-15/h12,19H,1-11H2/t12-,16-/m1/s1. The summed E-state index contributed by atoms with van der Waals surface area (Å²) in [7, 11) is 0. The van der Waals surface area contributed by atoms with E-state index >= 15 is 0 Å². The Morgan fingerprint density at radius 3 is 3.10 bits per heavy atom. The number of aliphatic hydroxyl groups excluding tert-OH is 1. The van der Waals surface area contributed by atoms with Crippen molar-refractivity contribution in [3.63, 3.8) is 0 Å². The maximum atomic E-state index is 9.87. The van der Waals surface area contributed by atoms with Gasteiger partial charge in [-0.05, 0) is 32.1 Å². The minimum Gasteiger partial charge on any atom is -0.396 e. The van der Waals surface area contributed by atoms with Crippen LogP contribution in [-0.2, 0) is 24.1 Å². The Kier molecular flexibility index (Phi) is 3.78. The van der Waals surface area contributed by atoms with E-state index in [0.717, 1.165) is 39.3 Å². The second-order valence-corrected chi connectivity index (χ2v) is 8.06. The number of aryl methyl sites for hydroxylation is 2. The van der Waals surface area contributed by atoms with Gasteiger partial charge in [-0.3, -0.25) is 4.90 Å². The summed E-state index contributed by atoms with van der Waals surface area (Å²) < 4.78 is 5.62. The topological polar surface area (TPSA) is 45.6 Å². The van der Waals surface area contributed by atoms with Gasteiger partial charge in [0, 0.05) is 35.9 Å². The van der Waals surface area contributed by atoms with Crippen molar-refractivity contribution in [2.45, 2.75) is 38.6 Å². The molecule has 2 saturated heterocycles. The highest BCUT2D eigenvalue weighted by atomic mass is 32.1. The van der Waals surface area contributed by atoms with Gasteiger partial charge in [0.2, 0.25) is 0 Å².